The molecule has 1 rings (SSSR count). The second-order valence-corrected chi connectivity index (χ2v) is 4.68. The molecule has 1 aliphatic rings. The topological polar surface area (TPSA) is 67.6 Å². The van der Waals surface area contributed by atoms with Crippen molar-refractivity contribution in [2.75, 3.05) is 39.9 Å². The molecule has 1 aliphatic heterocycles. The quantitative estimate of drug-likeness (QED) is 0.650. The largest absolute Gasteiger partial charge is 0.385 e. The first-order valence-electron chi connectivity index (χ1n) is 6.42. The lowest BCUT2D eigenvalue weighted by molar-refractivity contribution is -0.122. The second kappa shape index (κ2) is 7.63. The number of likely N-dealkylation sites (tertiary alicyclic amines) is 1. The molecule has 2 unspecified atom stereocenters. The molecule has 0 saturated carbocycles. The lowest BCUT2D eigenvalue weighted by Crippen LogP contribution is -2.43. The summed E-state index contributed by atoms with van der Waals surface area (Å²) in [4.78, 5) is 14.1. The number of hydrogen-bond acceptors (Lipinski definition) is 4. The Morgan fingerprint density at radius 2 is 2.41 bits per heavy atom. The van der Waals surface area contributed by atoms with Crippen LogP contribution < -0.4 is 11.1 Å². The molecule has 100 valence electrons. The van der Waals surface area contributed by atoms with E-state index in [1.54, 1.807) is 7.11 Å². The normalized spacial score (nSPS) is 22.6. The van der Waals surface area contributed by atoms with Crippen LogP contribution in [0.1, 0.15) is 19.8 Å². The van der Waals surface area contributed by atoms with Crippen molar-refractivity contribution in [1.29, 1.82) is 0 Å². The number of hydrogen-bond donors (Lipinski definition) is 2. The predicted octanol–water partition coefficient (Wildman–Crippen LogP) is -0.192. The first kappa shape index (κ1) is 14.4. The Kier molecular flexibility index (Phi) is 6.47. The number of ether oxygens (including phenoxy) is 1. The zero-order chi connectivity index (χ0) is 12.7. The fraction of sp³-hybridized carbons (Fsp3) is 0.917. The van der Waals surface area contributed by atoms with E-state index in [1.165, 1.54) is 6.42 Å². The van der Waals surface area contributed by atoms with Gasteiger partial charge in [0.15, 0.2) is 0 Å². The number of carbonyl (C=O) groups is 1. The maximum atomic E-state index is 11.7. The van der Waals surface area contributed by atoms with Gasteiger partial charge in [0.2, 0.25) is 5.91 Å². The van der Waals surface area contributed by atoms with Crippen molar-refractivity contribution in [3.8, 4) is 0 Å². The summed E-state index contributed by atoms with van der Waals surface area (Å²) in [6.45, 7) is 6.77. The standard InChI is InChI=1S/C12H25N3O2/c1-3-15-6-4-10(9-15)8-14-12(16)11(13)5-7-17-2/h10-11H,3-9,13H2,1-2H3,(H,14,16). The van der Waals surface area contributed by atoms with Gasteiger partial charge in [0, 0.05) is 26.8 Å². The molecular formula is C12H25N3O2. The van der Waals surface area contributed by atoms with Crippen LogP contribution in [-0.2, 0) is 9.53 Å². The van der Waals surface area contributed by atoms with Gasteiger partial charge in [-0.25, -0.2) is 0 Å². The summed E-state index contributed by atoms with van der Waals surface area (Å²) in [5, 5.41) is 2.93. The van der Waals surface area contributed by atoms with Gasteiger partial charge in [-0.15, -0.1) is 0 Å². The molecule has 3 N–H and O–H groups in total. The highest BCUT2D eigenvalue weighted by molar-refractivity contribution is 5.81. The van der Waals surface area contributed by atoms with Crippen molar-refractivity contribution in [3.63, 3.8) is 0 Å². The third-order valence-electron chi connectivity index (χ3n) is 3.35. The van der Waals surface area contributed by atoms with Crippen molar-refractivity contribution in [2.24, 2.45) is 11.7 Å². The van der Waals surface area contributed by atoms with E-state index in [2.05, 4.69) is 17.1 Å². The zero-order valence-corrected chi connectivity index (χ0v) is 10.9. The van der Waals surface area contributed by atoms with E-state index < -0.39 is 6.04 Å². The van der Waals surface area contributed by atoms with Gasteiger partial charge in [0.1, 0.15) is 0 Å². The van der Waals surface area contributed by atoms with Crippen molar-refractivity contribution in [2.45, 2.75) is 25.8 Å². The van der Waals surface area contributed by atoms with Crippen molar-refractivity contribution < 1.29 is 9.53 Å². The van der Waals surface area contributed by atoms with Crippen molar-refractivity contribution >= 4 is 5.91 Å². The summed E-state index contributed by atoms with van der Waals surface area (Å²) in [7, 11) is 1.61. The molecule has 0 bridgehead atoms. The fourth-order valence-corrected chi connectivity index (χ4v) is 2.12. The minimum atomic E-state index is -0.446. The van der Waals surface area contributed by atoms with Crippen LogP contribution in [0.5, 0.6) is 0 Å². The highest BCUT2D eigenvalue weighted by Crippen LogP contribution is 2.14. The summed E-state index contributed by atoms with van der Waals surface area (Å²) in [6, 6.07) is -0.446. The smallest absolute Gasteiger partial charge is 0.237 e. The number of nitrogens with two attached hydrogens (primary N) is 1. The van der Waals surface area contributed by atoms with Crippen LogP contribution in [0.2, 0.25) is 0 Å². The van der Waals surface area contributed by atoms with E-state index >= 15 is 0 Å². The molecule has 2 atom stereocenters. The lowest BCUT2D eigenvalue weighted by atomic mass is 10.1. The second-order valence-electron chi connectivity index (χ2n) is 4.68. The highest BCUT2D eigenvalue weighted by Gasteiger charge is 2.22. The van der Waals surface area contributed by atoms with Crippen LogP contribution in [0, 0.1) is 5.92 Å². The number of nitrogens with zero attached hydrogens (tertiary/aromatic N) is 1. The third kappa shape index (κ3) is 5.02. The Hall–Kier alpha value is -0.650. The number of amides is 1. The lowest BCUT2D eigenvalue weighted by Gasteiger charge is -2.16. The predicted molar refractivity (Wildman–Crippen MR) is 67.7 cm³/mol. The van der Waals surface area contributed by atoms with Gasteiger partial charge in [-0.1, -0.05) is 6.92 Å². The first-order chi connectivity index (χ1) is 8.17. The Morgan fingerprint density at radius 1 is 1.65 bits per heavy atom. The minimum absolute atomic E-state index is 0.0583. The fourth-order valence-electron chi connectivity index (χ4n) is 2.12. The molecule has 0 aromatic heterocycles. The molecule has 0 aromatic carbocycles. The monoisotopic (exact) mass is 243 g/mol. The summed E-state index contributed by atoms with van der Waals surface area (Å²) >= 11 is 0. The SMILES string of the molecule is CCN1CCC(CNC(=O)C(N)CCOC)C1. The van der Waals surface area contributed by atoms with Crippen LogP contribution in [-0.4, -0.2) is 56.7 Å². The van der Waals surface area contributed by atoms with Crippen molar-refractivity contribution in [3.05, 3.63) is 0 Å². The van der Waals surface area contributed by atoms with Gasteiger partial charge in [0.25, 0.3) is 0 Å². The van der Waals surface area contributed by atoms with Gasteiger partial charge in [0.05, 0.1) is 6.04 Å². The third-order valence-corrected chi connectivity index (χ3v) is 3.35. The number of methoxy groups -OCH3 is 1. The molecule has 1 saturated heterocycles. The molecule has 1 heterocycles. The number of rotatable bonds is 7. The average molecular weight is 243 g/mol. The Balaban J connectivity index is 2.15. The van der Waals surface area contributed by atoms with E-state index in [1.807, 2.05) is 0 Å². The average Bonchev–Trinajstić information content (AvgIpc) is 2.80. The van der Waals surface area contributed by atoms with E-state index in [0.717, 1.165) is 26.2 Å². The van der Waals surface area contributed by atoms with E-state index in [4.69, 9.17) is 10.5 Å². The molecule has 17 heavy (non-hydrogen) atoms. The van der Waals surface area contributed by atoms with Crippen LogP contribution in [0.3, 0.4) is 0 Å². The van der Waals surface area contributed by atoms with Crippen molar-refractivity contribution in [1.82, 2.24) is 10.2 Å². The van der Waals surface area contributed by atoms with Crippen LogP contribution in [0.15, 0.2) is 0 Å². The number of carbonyl (C=O) groups excluding carboxylic acids is 1. The Morgan fingerprint density at radius 3 is 3.00 bits per heavy atom. The summed E-state index contributed by atoms with van der Waals surface area (Å²) in [6.07, 6.45) is 1.75. The summed E-state index contributed by atoms with van der Waals surface area (Å²) in [5.74, 6) is 0.519. The molecule has 1 fully saturated rings. The molecule has 0 aromatic rings. The molecule has 1 amide bonds. The molecule has 5 heteroatoms. The minimum Gasteiger partial charge on any atom is -0.385 e. The van der Waals surface area contributed by atoms with Crippen LogP contribution in [0.4, 0.5) is 0 Å². The van der Waals surface area contributed by atoms with Gasteiger partial charge in [-0.2, -0.15) is 0 Å². The van der Waals surface area contributed by atoms with Crippen LogP contribution in [0.25, 0.3) is 0 Å². The summed E-state index contributed by atoms with van der Waals surface area (Å²) in [5.41, 5.74) is 5.74. The van der Waals surface area contributed by atoms with E-state index in [9.17, 15) is 4.79 Å². The van der Waals surface area contributed by atoms with E-state index in [-0.39, 0.29) is 5.91 Å². The zero-order valence-electron chi connectivity index (χ0n) is 10.9. The van der Waals surface area contributed by atoms with Gasteiger partial charge in [-0.05, 0) is 31.8 Å². The Bertz CT molecular complexity index is 236. The maximum absolute atomic E-state index is 11.7. The van der Waals surface area contributed by atoms with E-state index in [0.29, 0.717) is 18.9 Å². The Labute approximate surface area is 104 Å². The van der Waals surface area contributed by atoms with Gasteiger partial charge >= 0.3 is 0 Å². The molecule has 0 aliphatic carbocycles. The number of nitrogens with one attached hydrogen (secondary N) is 1. The highest BCUT2D eigenvalue weighted by atomic mass is 16.5. The summed E-state index contributed by atoms with van der Waals surface area (Å²) < 4.78 is 4.90. The molecule has 0 spiro atoms. The van der Waals surface area contributed by atoms with Crippen LogP contribution >= 0.6 is 0 Å². The van der Waals surface area contributed by atoms with Gasteiger partial charge in [-0.3, -0.25) is 4.79 Å². The maximum Gasteiger partial charge on any atom is 0.237 e. The first-order valence-corrected chi connectivity index (χ1v) is 6.42. The van der Waals surface area contributed by atoms with Gasteiger partial charge < -0.3 is 20.7 Å². The molecule has 5 nitrogen and oxygen atoms in total. The molecule has 0 radical (unpaired) electrons. The molecular weight excluding hydrogens is 218 g/mol.